The molecule has 0 bridgehead atoms. The third kappa shape index (κ3) is 3.40. The first-order valence-electron chi connectivity index (χ1n) is 5.72. The van der Waals surface area contributed by atoms with Crippen molar-refractivity contribution < 1.29 is 9.94 Å². The van der Waals surface area contributed by atoms with Gasteiger partial charge in [-0.3, -0.25) is 0 Å². The highest BCUT2D eigenvalue weighted by atomic mass is 79.9. The van der Waals surface area contributed by atoms with Crippen molar-refractivity contribution in [2.45, 2.75) is 23.0 Å². The number of ether oxygens (including phenoxy) is 1. The topological polar surface area (TPSA) is 67.8 Å². The van der Waals surface area contributed by atoms with Crippen LogP contribution in [0.1, 0.15) is 18.4 Å². The van der Waals surface area contributed by atoms with E-state index < -0.39 is 0 Å². The van der Waals surface area contributed by atoms with Crippen molar-refractivity contribution in [1.29, 1.82) is 0 Å². The van der Waals surface area contributed by atoms with Crippen LogP contribution in [0.4, 0.5) is 0 Å². The normalized spacial score (nSPS) is 17.9. The highest BCUT2D eigenvalue weighted by molar-refractivity contribution is 9.10. The van der Waals surface area contributed by atoms with Crippen molar-refractivity contribution in [1.82, 2.24) is 0 Å². The second kappa shape index (κ2) is 6.45. The van der Waals surface area contributed by atoms with Crippen molar-refractivity contribution in [2.75, 3.05) is 13.2 Å². The van der Waals surface area contributed by atoms with E-state index in [1.807, 2.05) is 30.0 Å². The molecule has 1 saturated heterocycles. The van der Waals surface area contributed by atoms with Gasteiger partial charge in [0.1, 0.15) is 0 Å². The number of oxime groups is 1. The van der Waals surface area contributed by atoms with E-state index in [1.54, 1.807) is 0 Å². The lowest BCUT2D eigenvalue weighted by atomic mass is 10.2. The van der Waals surface area contributed by atoms with Crippen LogP contribution in [0.5, 0.6) is 0 Å². The van der Waals surface area contributed by atoms with Crippen molar-refractivity contribution in [3.05, 3.63) is 28.2 Å². The molecule has 0 aromatic heterocycles. The summed E-state index contributed by atoms with van der Waals surface area (Å²) in [6, 6.07) is 5.87. The first-order valence-corrected chi connectivity index (χ1v) is 7.40. The number of halogens is 1. The maximum Gasteiger partial charge on any atom is 0.171 e. The van der Waals surface area contributed by atoms with Crippen LogP contribution < -0.4 is 5.73 Å². The van der Waals surface area contributed by atoms with Gasteiger partial charge in [-0.25, -0.2) is 0 Å². The highest BCUT2D eigenvalue weighted by Crippen LogP contribution is 2.32. The van der Waals surface area contributed by atoms with E-state index in [0.717, 1.165) is 30.5 Å². The van der Waals surface area contributed by atoms with Crippen LogP contribution in [0.25, 0.3) is 0 Å². The average Bonchev–Trinajstić information content (AvgIpc) is 2.39. The summed E-state index contributed by atoms with van der Waals surface area (Å²) >= 11 is 5.30. The summed E-state index contributed by atoms with van der Waals surface area (Å²) in [5, 5.41) is 12.3. The predicted octanol–water partition coefficient (Wildman–Crippen LogP) is 2.81. The molecule has 6 heteroatoms. The Labute approximate surface area is 119 Å². The van der Waals surface area contributed by atoms with Crippen molar-refractivity contribution in [2.24, 2.45) is 10.9 Å². The lowest BCUT2D eigenvalue weighted by Crippen LogP contribution is -2.17. The fourth-order valence-corrected chi connectivity index (χ4v) is 3.70. The monoisotopic (exact) mass is 330 g/mol. The standard InChI is InChI=1S/C12H15BrN2O2S/c13-11-7-9(1-2-10(11)12(14)15-16)18-8-3-5-17-6-4-8/h1-2,7-8,16H,3-6H2,(H2,14,15). The maximum atomic E-state index is 8.67. The summed E-state index contributed by atoms with van der Waals surface area (Å²) in [5.41, 5.74) is 6.28. The molecule has 1 aromatic carbocycles. The van der Waals surface area contributed by atoms with Crippen LogP contribution in [-0.4, -0.2) is 29.5 Å². The fraction of sp³-hybridized carbons (Fsp3) is 0.417. The van der Waals surface area contributed by atoms with Gasteiger partial charge in [-0.1, -0.05) is 5.16 Å². The molecule has 4 nitrogen and oxygen atoms in total. The number of nitrogens with zero attached hydrogens (tertiary/aromatic N) is 1. The first-order chi connectivity index (χ1) is 8.70. The number of nitrogens with two attached hydrogens (primary N) is 1. The Morgan fingerprint density at radius 3 is 2.78 bits per heavy atom. The van der Waals surface area contributed by atoms with Gasteiger partial charge in [-0.05, 0) is 47.0 Å². The van der Waals surface area contributed by atoms with E-state index in [4.69, 9.17) is 15.7 Å². The second-order valence-electron chi connectivity index (χ2n) is 4.06. The van der Waals surface area contributed by atoms with E-state index in [9.17, 15) is 0 Å². The minimum absolute atomic E-state index is 0.115. The predicted molar refractivity (Wildman–Crippen MR) is 76.4 cm³/mol. The molecule has 98 valence electrons. The van der Waals surface area contributed by atoms with Crippen molar-refractivity contribution >= 4 is 33.5 Å². The lowest BCUT2D eigenvalue weighted by Gasteiger charge is -2.21. The molecule has 3 N–H and O–H groups in total. The molecule has 0 aliphatic carbocycles. The van der Waals surface area contributed by atoms with Gasteiger partial charge < -0.3 is 15.7 Å². The Morgan fingerprint density at radius 1 is 1.44 bits per heavy atom. The number of hydrogen-bond donors (Lipinski definition) is 2. The number of benzene rings is 1. The van der Waals surface area contributed by atoms with Crippen LogP contribution >= 0.6 is 27.7 Å². The Balaban J connectivity index is 2.08. The molecular formula is C12H15BrN2O2S. The SMILES string of the molecule is N/C(=N/O)c1ccc(SC2CCOCC2)cc1Br. The molecule has 0 spiro atoms. The van der Waals surface area contributed by atoms with Gasteiger partial charge in [0, 0.05) is 33.4 Å². The van der Waals surface area contributed by atoms with Gasteiger partial charge in [0.15, 0.2) is 5.84 Å². The van der Waals surface area contributed by atoms with E-state index >= 15 is 0 Å². The minimum Gasteiger partial charge on any atom is -0.409 e. The molecule has 0 radical (unpaired) electrons. The minimum atomic E-state index is 0.115. The molecule has 2 rings (SSSR count). The summed E-state index contributed by atoms with van der Waals surface area (Å²) in [5.74, 6) is 0.115. The number of rotatable bonds is 3. The second-order valence-corrected chi connectivity index (χ2v) is 6.28. The molecule has 1 aliphatic heterocycles. The molecule has 1 heterocycles. The maximum absolute atomic E-state index is 8.67. The van der Waals surface area contributed by atoms with Crippen LogP contribution in [0.2, 0.25) is 0 Å². The number of amidine groups is 1. The van der Waals surface area contributed by atoms with Gasteiger partial charge in [0.05, 0.1) is 0 Å². The van der Waals surface area contributed by atoms with Gasteiger partial charge >= 0.3 is 0 Å². The fourth-order valence-electron chi connectivity index (χ4n) is 1.82. The molecule has 18 heavy (non-hydrogen) atoms. The Kier molecular flexibility index (Phi) is 4.91. The largest absolute Gasteiger partial charge is 0.409 e. The molecule has 0 saturated carbocycles. The zero-order valence-corrected chi connectivity index (χ0v) is 12.2. The van der Waals surface area contributed by atoms with E-state index in [1.165, 1.54) is 4.90 Å². The number of thioether (sulfide) groups is 1. The van der Waals surface area contributed by atoms with Gasteiger partial charge in [-0.2, -0.15) is 0 Å². The summed E-state index contributed by atoms with van der Waals surface area (Å²) in [6.45, 7) is 1.70. The molecule has 1 fully saturated rings. The van der Waals surface area contributed by atoms with Crippen LogP contribution in [-0.2, 0) is 4.74 Å². The van der Waals surface area contributed by atoms with Crippen LogP contribution in [0.3, 0.4) is 0 Å². The Morgan fingerprint density at radius 2 is 2.17 bits per heavy atom. The average molecular weight is 331 g/mol. The van der Waals surface area contributed by atoms with Crippen molar-refractivity contribution in [3.8, 4) is 0 Å². The third-order valence-corrected chi connectivity index (χ3v) is 4.78. The van der Waals surface area contributed by atoms with Gasteiger partial charge in [-0.15, -0.1) is 11.8 Å². The van der Waals surface area contributed by atoms with E-state index in [0.29, 0.717) is 10.8 Å². The smallest absolute Gasteiger partial charge is 0.171 e. The van der Waals surface area contributed by atoms with Gasteiger partial charge in [0.2, 0.25) is 0 Å². The molecule has 1 aromatic rings. The van der Waals surface area contributed by atoms with Gasteiger partial charge in [0.25, 0.3) is 0 Å². The zero-order chi connectivity index (χ0) is 13.0. The molecule has 1 aliphatic rings. The third-order valence-electron chi connectivity index (χ3n) is 2.80. The molecular weight excluding hydrogens is 316 g/mol. The highest BCUT2D eigenvalue weighted by Gasteiger charge is 2.15. The van der Waals surface area contributed by atoms with Crippen LogP contribution in [0.15, 0.2) is 32.7 Å². The number of hydrogen-bond acceptors (Lipinski definition) is 4. The van der Waals surface area contributed by atoms with E-state index in [-0.39, 0.29) is 5.84 Å². The lowest BCUT2D eigenvalue weighted by molar-refractivity contribution is 0.100. The summed E-state index contributed by atoms with van der Waals surface area (Å²) in [4.78, 5) is 1.18. The molecule has 0 atom stereocenters. The zero-order valence-electron chi connectivity index (χ0n) is 9.80. The Hall–Kier alpha value is -0.720. The molecule has 0 amide bonds. The van der Waals surface area contributed by atoms with Crippen molar-refractivity contribution in [3.63, 3.8) is 0 Å². The summed E-state index contributed by atoms with van der Waals surface area (Å²) in [6.07, 6.45) is 2.18. The Bertz CT molecular complexity index is 448. The van der Waals surface area contributed by atoms with E-state index in [2.05, 4.69) is 21.1 Å². The summed E-state index contributed by atoms with van der Waals surface area (Å²) < 4.78 is 6.19. The summed E-state index contributed by atoms with van der Waals surface area (Å²) in [7, 11) is 0. The van der Waals surface area contributed by atoms with Crippen LogP contribution in [0, 0.1) is 0 Å². The molecule has 0 unspecified atom stereocenters. The first kappa shape index (κ1) is 13.7. The quantitative estimate of drug-likeness (QED) is 0.387.